The van der Waals surface area contributed by atoms with Gasteiger partial charge in [0, 0.05) is 5.54 Å². The molecule has 2 nitrogen and oxygen atoms in total. The van der Waals surface area contributed by atoms with E-state index < -0.39 is 0 Å². The number of benzene rings is 1. The molecule has 0 bridgehead atoms. The van der Waals surface area contributed by atoms with Crippen LogP contribution in [0.1, 0.15) is 56.9 Å². The summed E-state index contributed by atoms with van der Waals surface area (Å²) in [7, 11) is 0. The Morgan fingerprint density at radius 1 is 1.00 bits per heavy atom. The minimum Gasteiger partial charge on any atom is -0.391 e. The van der Waals surface area contributed by atoms with Crippen LogP contribution in [-0.2, 0) is 6.42 Å². The largest absolute Gasteiger partial charge is 0.391 e. The maximum Gasteiger partial charge on any atom is 0.0724 e. The molecular formula is C19H29NO. The van der Waals surface area contributed by atoms with Gasteiger partial charge in [0.25, 0.3) is 0 Å². The molecule has 1 saturated heterocycles. The Kier molecular flexibility index (Phi) is 4.97. The fourth-order valence-electron chi connectivity index (χ4n) is 4.42. The van der Waals surface area contributed by atoms with E-state index in [-0.39, 0.29) is 11.6 Å². The Bertz CT molecular complexity index is 418. The Morgan fingerprint density at radius 3 is 2.33 bits per heavy atom. The first-order chi connectivity index (χ1) is 10.3. The lowest BCUT2D eigenvalue weighted by Gasteiger charge is -2.42. The van der Waals surface area contributed by atoms with Crippen LogP contribution in [0.5, 0.6) is 0 Å². The van der Waals surface area contributed by atoms with E-state index >= 15 is 0 Å². The van der Waals surface area contributed by atoms with Gasteiger partial charge in [-0.15, -0.1) is 0 Å². The molecule has 1 aliphatic heterocycles. The molecular weight excluding hydrogens is 258 g/mol. The molecule has 1 aliphatic carbocycles. The van der Waals surface area contributed by atoms with Crippen molar-refractivity contribution in [2.75, 3.05) is 13.1 Å². The summed E-state index contributed by atoms with van der Waals surface area (Å²) < 4.78 is 0. The third-order valence-electron chi connectivity index (χ3n) is 5.61. The maximum atomic E-state index is 10.9. The fraction of sp³-hybridized carbons (Fsp3) is 0.684. The van der Waals surface area contributed by atoms with Crippen LogP contribution < -0.4 is 0 Å². The van der Waals surface area contributed by atoms with E-state index in [4.69, 9.17) is 0 Å². The van der Waals surface area contributed by atoms with Crippen molar-refractivity contribution in [2.24, 2.45) is 0 Å². The van der Waals surface area contributed by atoms with Gasteiger partial charge in [-0.1, -0.05) is 43.2 Å². The molecule has 0 aromatic heterocycles. The number of likely N-dealkylation sites (tertiary alicyclic amines) is 1. The summed E-state index contributed by atoms with van der Waals surface area (Å²) in [6.07, 6.45) is 10.6. The van der Waals surface area contributed by atoms with Gasteiger partial charge in [-0.2, -0.15) is 0 Å². The molecule has 1 atom stereocenters. The first-order valence-electron chi connectivity index (χ1n) is 8.78. The number of nitrogens with zero attached hydrogens (tertiary/aromatic N) is 1. The molecule has 0 amide bonds. The topological polar surface area (TPSA) is 23.5 Å². The average molecular weight is 287 g/mol. The number of hydrogen-bond acceptors (Lipinski definition) is 2. The van der Waals surface area contributed by atoms with E-state index in [1.807, 2.05) is 0 Å². The van der Waals surface area contributed by atoms with Gasteiger partial charge in [0.1, 0.15) is 0 Å². The third-order valence-corrected chi connectivity index (χ3v) is 5.61. The predicted octanol–water partition coefficient (Wildman–Crippen LogP) is 3.78. The normalized spacial score (nSPS) is 23.5. The van der Waals surface area contributed by atoms with E-state index in [1.165, 1.54) is 57.2 Å². The van der Waals surface area contributed by atoms with Crippen LogP contribution >= 0.6 is 0 Å². The van der Waals surface area contributed by atoms with Crippen LogP contribution in [0.4, 0.5) is 0 Å². The van der Waals surface area contributed by atoms with Crippen LogP contribution in [0.15, 0.2) is 30.3 Å². The van der Waals surface area contributed by atoms with Crippen LogP contribution in [-0.4, -0.2) is 34.7 Å². The molecule has 1 N–H and O–H groups in total. The van der Waals surface area contributed by atoms with Crippen LogP contribution in [0.2, 0.25) is 0 Å². The highest BCUT2D eigenvalue weighted by Gasteiger charge is 2.45. The lowest BCUT2D eigenvalue weighted by molar-refractivity contribution is -0.0228. The second kappa shape index (κ2) is 6.93. The van der Waals surface area contributed by atoms with Crippen molar-refractivity contribution in [3.63, 3.8) is 0 Å². The Balaban J connectivity index is 1.56. The second-order valence-corrected chi connectivity index (χ2v) is 6.90. The number of aliphatic hydroxyl groups is 1. The summed E-state index contributed by atoms with van der Waals surface area (Å²) in [5.41, 5.74) is 1.51. The summed E-state index contributed by atoms with van der Waals surface area (Å²) in [4.78, 5) is 2.62. The summed E-state index contributed by atoms with van der Waals surface area (Å²) in [6.45, 7) is 2.41. The first kappa shape index (κ1) is 15.1. The highest BCUT2D eigenvalue weighted by molar-refractivity contribution is 5.14. The predicted molar refractivity (Wildman–Crippen MR) is 87.4 cm³/mol. The monoisotopic (exact) mass is 287 g/mol. The van der Waals surface area contributed by atoms with Gasteiger partial charge >= 0.3 is 0 Å². The van der Waals surface area contributed by atoms with Gasteiger partial charge < -0.3 is 5.11 Å². The Labute approximate surface area is 129 Å². The Hall–Kier alpha value is -0.860. The molecule has 0 spiro atoms. The number of aryl methyl sites for hydroxylation is 1. The fourth-order valence-corrected chi connectivity index (χ4v) is 4.42. The van der Waals surface area contributed by atoms with Crippen molar-refractivity contribution in [2.45, 2.75) is 69.4 Å². The van der Waals surface area contributed by atoms with E-state index in [9.17, 15) is 5.11 Å². The van der Waals surface area contributed by atoms with Gasteiger partial charge in [0.2, 0.25) is 0 Å². The van der Waals surface area contributed by atoms with Crippen LogP contribution in [0, 0.1) is 0 Å². The van der Waals surface area contributed by atoms with Gasteiger partial charge in [-0.25, -0.2) is 0 Å². The molecule has 1 saturated carbocycles. The molecule has 116 valence electrons. The molecule has 0 radical (unpaired) electrons. The van der Waals surface area contributed by atoms with Crippen molar-refractivity contribution in [1.29, 1.82) is 0 Å². The van der Waals surface area contributed by atoms with Crippen molar-refractivity contribution in [3.05, 3.63) is 35.9 Å². The Morgan fingerprint density at radius 2 is 1.67 bits per heavy atom. The van der Waals surface area contributed by atoms with Crippen LogP contribution in [0.3, 0.4) is 0 Å². The minimum atomic E-state index is -0.137. The minimum absolute atomic E-state index is 0.118. The quantitative estimate of drug-likeness (QED) is 0.860. The molecule has 1 heterocycles. The molecule has 21 heavy (non-hydrogen) atoms. The highest BCUT2D eigenvalue weighted by Crippen LogP contribution is 2.41. The van der Waals surface area contributed by atoms with Gasteiger partial charge in [-0.3, -0.25) is 4.90 Å². The van der Waals surface area contributed by atoms with Gasteiger partial charge in [-0.05, 0) is 63.6 Å². The number of aliphatic hydroxyl groups excluding tert-OH is 1. The van der Waals surface area contributed by atoms with Crippen molar-refractivity contribution in [1.82, 2.24) is 4.90 Å². The molecule has 1 aromatic carbocycles. The lowest BCUT2D eigenvalue weighted by atomic mass is 9.85. The first-order valence-corrected chi connectivity index (χ1v) is 8.78. The molecule has 1 aromatic rings. The van der Waals surface area contributed by atoms with Gasteiger partial charge in [0.15, 0.2) is 0 Å². The van der Waals surface area contributed by atoms with Crippen molar-refractivity contribution in [3.8, 4) is 0 Å². The second-order valence-electron chi connectivity index (χ2n) is 6.90. The summed E-state index contributed by atoms with van der Waals surface area (Å²) in [5, 5.41) is 10.9. The third kappa shape index (κ3) is 3.32. The zero-order valence-corrected chi connectivity index (χ0v) is 13.1. The number of rotatable bonds is 6. The summed E-state index contributed by atoms with van der Waals surface area (Å²) in [5.74, 6) is 0. The van der Waals surface area contributed by atoms with E-state index in [2.05, 4.69) is 35.2 Å². The average Bonchev–Trinajstić information content (AvgIpc) is 3.20. The lowest BCUT2D eigenvalue weighted by Crippen LogP contribution is -2.53. The van der Waals surface area contributed by atoms with Crippen molar-refractivity contribution >= 4 is 0 Å². The maximum absolute atomic E-state index is 10.9. The molecule has 2 aliphatic rings. The van der Waals surface area contributed by atoms with Crippen LogP contribution in [0.25, 0.3) is 0 Å². The number of hydrogen-bond donors (Lipinski definition) is 1. The molecule has 1 unspecified atom stereocenters. The highest BCUT2D eigenvalue weighted by atomic mass is 16.3. The standard InChI is InChI=1S/C19H29NO/c21-18(12-8-11-17-9-2-1-3-10-17)19(13-4-5-14-19)20-15-6-7-16-20/h1-3,9-10,18,21H,4-8,11-16H2. The van der Waals surface area contributed by atoms with Gasteiger partial charge in [0.05, 0.1) is 6.10 Å². The summed E-state index contributed by atoms with van der Waals surface area (Å²) >= 11 is 0. The van der Waals surface area contributed by atoms with Crippen molar-refractivity contribution < 1.29 is 5.11 Å². The SMILES string of the molecule is OC(CCCc1ccccc1)C1(N2CCCC2)CCCC1. The summed E-state index contributed by atoms with van der Waals surface area (Å²) in [6, 6.07) is 10.7. The molecule has 3 rings (SSSR count). The zero-order valence-electron chi connectivity index (χ0n) is 13.1. The van der Waals surface area contributed by atoms with E-state index in [1.54, 1.807) is 0 Å². The smallest absolute Gasteiger partial charge is 0.0724 e. The van der Waals surface area contributed by atoms with E-state index in [0.717, 1.165) is 19.3 Å². The van der Waals surface area contributed by atoms with E-state index in [0.29, 0.717) is 0 Å². The molecule has 2 heteroatoms. The zero-order chi connectivity index (χ0) is 14.5. The molecule has 2 fully saturated rings.